The summed E-state index contributed by atoms with van der Waals surface area (Å²) in [6, 6.07) is 6.55. The molecule has 0 bridgehead atoms. The Morgan fingerprint density at radius 1 is 1.35 bits per heavy atom. The summed E-state index contributed by atoms with van der Waals surface area (Å²) in [6.45, 7) is 0. The molecule has 1 nitrogen and oxygen atoms in total. The quantitative estimate of drug-likeness (QED) is 0.726. The van der Waals surface area contributed by atoms with Gasteiger partial charge in [-0.05, 0) is 49.8 Å². The van der Waals surface area contributed by atoms with E-state index >= 15 is 0 Å². The lowest BCUT2D eigenvalue weighted by atomic mass is 9.76. The van der Waals surface area contributed by atoms with Crippen LogP contribution in [0.5, 0.6) is 0 Å². The van der Waals surface area contributed by atoms with Crippen molar-refractivity contribution in [1.82, 2.24) is 0 Å². The van der Waals surface area contributed by atoms with E-state index in [0.717, 1.165) is 31.2 Å². The van der Waals surface area contributed by atoms with Crippen LogP contribution in [0.1, 0.15) is 31.2 Å². The van der Waals surface area contributed by atoms with E-state index in [-0.39, 0.29) is 16.8 Å². The van der Waals surface area contributed by atoms with Gasteiger partial charge in [-0.15, -0.1) is 11.6 Å². The highest BCUT2D eigenvalue weighted by Gasteiger charge is 2.38. The van der Waals surface area contributed by atoms with Crippen LogP contribution < -0.4 is 0 Å². The van der Waals surface area contributed by atoms with Crippen molar-refractivity contribution < 1.29 is 9.13 Å². The first-order valence-electron chi connectivity index (χ1n) is 6.07. The molecular weight excluding hydrogens is 239 g/mol. The number of ether oxygens (including phenoxy) is 1. The average molecular weight is 257 g/mol. The Hall–Kier alpha value is -0.600. The van der Waals surface area contributed by atoms with E-state index in [9.17, 15) is 4.39 Å². The first-order chi connectivity index (χ1) is 8.13. The number of rotatable bonds is 5. The fraction of sp³-hybridized carbons (Fsp3) is 0.571. The number of hydrogen-bond acceptors (Lipinski definition) is 1. The summed E-state index contributed by atoms with van der Waals surface area (Å²) >= 11 is 6.36. The minimum absolute atomic E-state index is 0.00640. The molecule has 0 spiro atoms. The normalized spacial score (nSPS) is 19.7. The van der Waals surface area contributed by atoms with Crippen LogP contribution in [0.25, 0.3) is 0 Å². The van der Waals surface area contributed by atoms with Crippen LogP contribution in [0.3, 0.4) is 0 Å². The Morgan fingerprint density at radius 3 is 2.47 bits per heavy atom. The van der Waals surface area contributed by atoms with E-state index in [2.05, 4.69) is 0 Å². The molecule has 1 aromatic rings. The van der Waals surface area contributed by atoms with Gasteiger partial charge in [0.05, 0.1) is 5.60 Å². The molecule has 3 heteroatoms. The number of hydrogen-bond donors (Lipinski definition) is 0. The maximum absolute atomic E-state index is 12.8. The van der Waals surface area contributed by atoms with Crippen molar-refractivity contribution in [1.29, 1.82) is 0 Å². The molecule has 1 aliphatic rings. The van der Waals surface area contributed by atoms with Crippen molar-refractivity contribution in [2.75, 3.05) is 7.11 Å². The molecule has 2 rings (SSSR count). The van der Waals surface area contributed by atoms with E-state index < -0.39 is 0 Å². The second kappa shape index (κ2) is 5.36. The summed E-state index contributed by atoms with van der Waals surface area (Å²) in [7, 11) is 1.76. The molecule has 0 aliphatic heterocycles. The fourth-order valence-electron chi connectivity index (χ4n) is 2.41. The molecule has 1 fully saturated rings. The largest absolute Gasteiger partial charge is 0.378 e. The zero-order chi connectivity index (χ0) is 12.3. The van der Waals surface area contributed by atoms with Crippen LogP contribution in [0.15, 0.2) is 24.3 Å². The Labute approximate surface area is 107 Å². The highest BCUT2D eigenvalue weighted by molar-refractivity contribution is 6.20. The summed E-state index contributed by atoms with van der Waals surface area (Å²) in [5.74, 6) is -0.202. The molecule has 1 aliphatic carbocycles. The van der Waals surface area contributed by atoms with E-state index in [0.29, 0.717) is 0 Å². The smallest absolute Gasteiger partial charge is 0.123 e. The van der Waals surface area contributed by atoms with Crippen molar-refractivity contribution in [3.8, 4) is 0 Å². The Bertz CT molecular complexity index is 353. The van der Waals surface area contributed by atoms with Gasteiger partial charge in [-0.2, -0.15) is 0 Å². The molecule has 0 saturated heterocycles. The molecule has 17 heavy (non-hydrogen) atoms. The van der Waals surface area contributed by atoms with E-state index in [1.165, 1.54) is 18.6 Å². The predicted molar refractivity (Wildman–Crippen MR) is 68.0 cm³/mol. The standard InChI is InChI=1S/C14H18ClFO/c1-17-14(7-2-8-14)10-12(15)9-11-3-5-13(16)6-4-11/h3-6,12H,2,7-10H2,1H3. The summed E-state index contributed by atoms with van der Waals surface area (Å²) < 4.78 is 18.3. The molecule has 0 radical (unpaired) electrons. The molecule has 1 atom stereocenters. The number of methoxy groups -OCH3 is 1. The molecular formula is C14H18ClFO. The van der Waals surface area contributed by atoms with Crippen LogP contribution in [0.4, 0.5) is 4.39 Å². The molecule has 1 unspecified atom stereocenters. The lowest BCUT2D eigenvalue weighted by Gasteiger charge is -2.41. The highest BCUT2D eigenvalue weighted by atomic mass is 35.5. The first-order valence-corrected chi connectivity index (χ1v) is 6.51. The molecule has 0 amide bonds. The van der Waals surface area contributed by atoms with Gasteiger partial charge in [0, 0.05) is 12.5 Å². The van der Waals surface area contributed by atoms with Crippen molar-refractivity contribution in [3.63, 3.8) is 0 Å². The van der Waals surface area contributed by atoms with Crippen LogP contribution in [0, 0.1) is 5.82 Å². The van der Waals surface area contributed by atoms with Crippen LogP contribution in [-0.4, -0.2) is 18.1 Å². The fourth-order valence-corrected chi connectivity index (χ4v) is 2.87. The first kappa shape index (κ1) is 12.8. The molecule has 0 aromatic heterocycles. The van der Waals surface area contributed by atoms with Crippen molar-refractivity contribution >= 4 is 11.6 Å². The predicted octanol–water partition coefficient (Wildman–Crippen LogP) is 3.93. The van der Waals surface area contributed by atoms with Gasteiger partial charge in [-0.3, -0.25) is 0 Å². The average Bonchev–Trinajstić information content (AvgIpc) is 2.27. The third-order valence-electron chi connectivity index (χ3n) is 3.66. The maximum atomic E-state index is 12.8. The van der Waals surface area contributed by atoms with Gasteiger partial charge in [0.15, 0.2) is 0 Å². The lowest BCUT2D eigenvalue weighted by Crippen LogP contribution is -2.41. The van der Waals surface area contributed by atoms with Gasteiger partial charge in [-0.25, -0.2) is 4.39 Å². The van der Waals surface area contributed by atoms with Gasteiger partial charge in [0.25, 0.3) is 0 Å². The van der Waals surface area contributed by atoms with Crippen LogP contribution >= 0.6 is 11.6 Å². The summed E-state index contributed by atoms with van der Waals surface area (Å²) in [6.07, 6.45) is 5.09. The Kier molecular flexibility index (Phi) is 4.05. The zero-order valence-corrected chi connectivity index (χ0v) is 10.8. The molecule has 0 N–H and O–H groups in total. The van der Waals surface area contributed by atoms with Gasteiger partial charge >= 0.3 is 0 Å². The van der Waals surface area contributed by atoms with Crippen LogP contribution in [-0.2, 0) is 11.2 Å². The van der Waals surface area contributed by atoms with Gasteiger partial charge in [-0.1, -0.05) is 12.1 Å². The highest BCUT2D eigenvalue weighted by Crippen LogP contribution is 2.40. The third-order valence-corrected chi connectivity index (χ3v) is 3.97. The summed E-state index contributed by atoms with van der Waals surface area (Å²) in [5.41, 5.74) is 1.09. The van der Waals surface area contributed by atoms with Crippen molar-refractivity contribution in [2.45, 2.75) is 43.1 Å². The van der Waals surface area contributed by atoms with Gasteiger partial charge in [0.1, 0.15) is 5.82 Å². The van der Waals surface area contributed by atoms with Gasteiger partial charge in [0.2, 0.25) is 0 Å². The second-order valence-corrected chi connectivity index (χ2v) is 5.49. The number of alkyl halides is 1. The molecule has 1 saturated carbocycles. The number of benzene rings is 1. The SMILES string of the molecule is COC1(CC(Cl)Cc2ccc(F)cc2)CCC1. The summed E-state index contributed by atoms with van der Waals surface area (Å²) in [5, 5.41) is 0.0562. The van der Waals surface area contributed by atoms with Gasteiger partial charge < -0.3 is 4.74 Å². The van der Waals surface area contributed by atoms with Crippen LogP contribution in [0.2, 0.25) is 0 Å². The number of halogens is 2. The topological polar surface area (TPSA) is 9.23 Å². The zero-order valence-electron chi connectivity index (χ0n) is 10.1. The summed E-state index contributed by atoms with van der Waals surface area (Å²) in [4.78, 5) is 0. The monoisotopic (exact) mass is 256 g/mol. The second-order valence-electron chi connectivity index (χ2n) is 4.87. The third kappa shape index (κ3) is 3.20. The molecule has 1 aromatic carbocycles. The van der Waals surface area contributed by atoms with Crippen molar-refractivity contribution in [3.05, 3.63) is 35.6 Å². The molecule has 0 heterocycles. The van der Waals surface area contributed by atoms with E-state index in [1.807, 2.05) is 0 Å². The van der Waals surface area contributed by atoms with E-state index in [4.69, 9.17) is 16.3 Å². The minimum Gasteiger partial charge on any atom is -0.378 e. The Morgan fingerprint density at radius 2 is 2.00 bits per heavy atom. The Balaban J connectivity index is 1.88. The lowest BCUT2D eigenvalue weighted by molar-refractivity contribution is -0.0777. The minimum atomic E-state index is -0.202. The maximum Gasteiger partial charge on any atom is 0.123 e. The van der Waals surface area contributed by atoms with Crippen molar-refractivity contribution in [2.24, 2.45) is 0 Å². The molecule has 94 valence electrons. The van der Waals surface area contributed by atoms with E-state index in [1.54, 1.807) is 19.2 Å².